The fraction of sp³-hybridized carbons (Fsp3) is 0.357. The van der Waals surface area contributed by atoms with Crippen molar-refractivity contribution in [2.45, 2.75) is 24.8 Å². The molecule has 0 saturated heterocycles. The molecule has 0 aliphatic heterocycles. The molecule has 0 radical (unpaired) electrons. The van der Waals surface area contributed by atoms with E-state index in [1.54, 1.807) is 0 Å². The summed E-state index contributed by atoms with van der Waals surface area (Å²) in [4.78, 5) is 4.12. The average Bonchev–Trinajstić information content (AvgIpc) is 2.72. The Morgan fingerprint density at radius 2 is 2.29 bits per heavy atom. The van der Waals surface area contributed by atoms with Crippen LogP contribution in [0, 0.1) is 0 Å². The van der Waals surface area contributed by atoms with Crippen LogP contribution in [0.25, 0.3) is 0 Å². The highest BCUT2D eigenvalue weighted by Gasteiger charge is 2.27. The van der Waals surface area contributed by atoms with Crippen molar-refractivity contribution in [3.8, 4) is 0 Å². The maximum absolute atomic E-state index is 6.25. The third-order valence-corrected chi connectivity index (χ3v) is 3.73. The summed E-state index contributed by atoms with van der Waals surface area (Å²) in [6, 6.07) is 8.73. The number of hydrogen-bond acceptors (Lipinski definition) is 2. The van der Waals surface area contributed by atoms with Crippen LogP contribution in [-0.2, 0) is 13.5 Å². The quantitative estimate of drug-likeness (QED) is 0.873. The second-order valence-corrected chi connectivity index (χ2v) is 4.87. The van der Waals surface area contributed by atoms with Crippen LogP contribution in [-0.4, -0.2) is 9.55 Å². The van der Waals surface area contributed by atoms with Crippen LogP contribution < -0.4 is 5.73 Å². The van der Waals surface area contributed by atoms with Crippen molar-refractivity contribution in [2.75, 3.05) is 0 Å². The predicted octanol–water partition coefficient (Wildman–Crippen LogP) is 2.15. The minimum absolute atomic E-state index is 0.0841. The number of fused-ring (bicyclic) bond motifs is 1. The van der Waals surface area contributed by atoms with Gasteiger partial charge in [-0.15, -0.1) is 0 Å². The number of nitrogens with two attached hydrogens (primary N) is 1. The van der Waals surface area contributed by atoms with E-state index in [0.717, 1.165) is 12.1 Å². The molecule has 0 amide bonds. The fourth-order valence-electron chi connectivity index (χ4n) is 2.72. The van der Waals surface area contributed by atoms with Gasteiger partial charge in [0, 0.05) is 19.3 Å². The summed E-state index contributed by atoms with van der Waals surface area (Å²) >= 11 is 0. The van der Waals surface area contributed by atoms with Gasteiger partial charge in [0.1, 0.15) is 0 Å². The highest BCUT2D eigenvalue weighted by atomic mass is 15.0. The van der Waals surface area contributed by atoms with Crippen molar-refractivity contribution in [1.29, 1.82) is 0 Å². The van der Waals surface area contributed by atoms with Crippen molar-refractivity contribution in [2.24, 2.45) is 12.8 Å². The molecule has 3 heteroatoms. The molecule has 3 nitrogen and oxygen atoms in total. The molecule has 1 heterocycles. The first-order valence-corrected chi connectivity index (χ1v) is 6.05. The van der Waals surface area contributed by atoms with Gasteiger partial charge in [0.15, 0.2) is 0 Å². The molecule has 2 N–H and O–H groups in total. The van der Waals surface area contributed by atoms with Crippen LogP contribution in [0.3, 0.4) is 0 Å². The van der Waals surface area contributed by atoms with Crippen LogP contribution in [0.5, 0.6) is 0 Å². The lowest BCUT2D eigenvalue weighted by atomic mass is 9.74. The number of hydrogen-bond donors (Lipinski definition) is 1. The van der Waals surface area contributed by atoms with Crippen molar-refractivity contribution >= 4 is 0 Å². The Kier molecular flexibility index (Phi) is 2.48. The normalized spacial score (nSPS) is 19.5. The van der Waals surface area contributed by atoms with Gasteiger partial charge in [-0.05, 0) is 29.9 Å². The Bertz CT molecular complexity index is 530. The molecule has 0 bridgehead atoms. The highest BCUT2D eigenvalue weighted by Crippen LogP contribution is 2.39. The second kappa shape index (κ2) is 4.00. The Morgan fingerprint density at radius 3 is 3.00 bits per heavy atom. The lowest BCUT2D eigenvalue weighted by Crippen LogP contribution is -2.23. The SMILES string of the molecule is Cn1cncc1C(N)CC1Cc2ccccc21. The van der Waals surface area contributed by atoms with Gasteiger partial charge in [0.2, 0.25) is 0 Å². The van der Waals surface area contributed by atoms with Crippen LogP contribution >= 0.6 is 0 Å². The van der Waals surface area contributed by atoms with Gasteiger partial charge in [0.25, 0.3) is 0 Å². The summed E-state index contributed by atoms with van der Waals surface area (Å²) in [5.41, 5.74) is 10.3. The van der Waals surface area contributed by atoms with Gasteiger partial charge in [0.05, 0.1) is 12.0 Å². The Morgan fingerprint density at radius 1 is 1.47 bits per heavy atom. The van der Waals surface area contributed by atoms with Crippen LogP contribution in [0.4, 0.5) is 0 Å². The first-order chi connectivity index (χ1) is 8.25. The Hall–Kier alpha value is -1.61. The van der Waals surface area contributed by atoms with E-state index in [2.05, 4.69) is 29.2 Å². The molecule has 17 heavy (non-hydrogen) atoms. The van der Waals surface area contributed by atoms with Crippen LogP contribution in [0.2, 0.25) is 0 Å². The molecule has 1 aromatic heterocycles. The summed E-state index contributed by atoms with van der Waals surface area (Å²) in [5, 5.41) is 0. The molecule has 0 saturated carbocycles. The van der Waals surface area contributed by atoms with Gasteiger partial charge >= 0.3 is 0 Å². The van der Waals surface area contributed by atoms with E-state index >= 15 is 0 Å². The number of benzene rings is 1. The Labute approximate surface area is 101 Å². The standard InChI is InChI=1S/C14H17N3/c1-17-9-16-8-14(17)13(15)7-11-6-10-4-2-3-5-12(10)11/h2-5,8-9,11,13H,6-7,15H2,1H3. The molecular weight excluding hydrogens is 210 g/mol. The minimum Gasteiger partial charge on any atom is -0.336 e. The third-order valence-electron chi connectivity index (χ3n) is 3.73. The van der Waals surface area contributed by atoms with Crippen molar-refractivity contribution in [3.63, 3.8) is 0 Å². The second-order valence-electron chi connectivity index (χ2n) is 4.87. The first kappa shape index (κ1) is 10.5. The zero-order chi connectivity index (χ0) is 11.8. The molecule has 1 aliphatic carbocycles. The molecule has 2 atom stereocenters. The monoisotopic (exact) mass is 227 g/mol. The topological polar surface area (TPSA) is 43.8 Å². The number of aryl methyl sites for hydroxylation is 1. The van der Waals surface area contributed by atoms with Crippen molar-refractivity contribution in [1.82, 2.24) is 9.55 Å². The van der Waals surface area contributed by atoms with E-state index in [1.807, 2.05) is 24.1 Å². The number of aromatic nitrogens is 2. The molecule has 88 valence electrons. The van der Waals surface area contributed by atoms with Gasteiger partial charge < -0.3 is 10.3 Å². The molecule has 1 aliphatic rings. The van der Waals surface area contributed by atoms with E-state index in [4.69, 9.17) is 5.73 Å². The summed E-state index contributed by atoms with van der Waals surface area (Å²) in [7, 11) is 2.00. The molecule has 2 unspecified atom stereocenters. The summed E-state index contributed by atoms with van der Waals surface area (Å²) in [6.45, 7) is 0. The molecule has 0 spiro atoms. The zero-order valence-electron chi connectivity index (χ0n) is 10.0. The Balaban J connectivity index is 1.72. The smallest absolute Gasteiger partial charge is 0.0946 e. The van der Waals surface area contributed by atoms with Crippen molar-refractivity contribution in [3.05, 3.63) is 53.6 Å². The average molecular weight is 227 g/mol. The predicted molar refractivity (Wildman–Crippen MR) is 67.6 cm³/mol. The lowest BCUT2D eigenvalue weighted by molar-refractivity contribution is 0.484. The van der Waals surface area contributed by atoms with E-state index in [-0.39, 0.29) is 6.04 Å². The molecule has 0 fully saturated rings. The number of imidazole rings is 1. The van der Waals surface area contributed by atoms with Crippen LogP contribution in [0.1, 0.15) is 35.2 Å². The van der Waals surface area contributed by atoms with Gasteiger partial charge in [-0.1, -0.05) is 24.3 Å². The zero-order valence-corrected chi connectivity index (χ0v) is 10.0. The van der Waals surface area contributed by atoms with Crippen molar-refractivity contribution < 1.29 is 0 Å². The maximum atomic E-state index is 6.25. The minimum atomic E-state index is 0.0841. The fourth-order valence-corrected chi connectivity index (χ4v) is 2.72. The number of rotatable bonds is 3. The van der Waals surface area contributed by atoms with Gasteiger partial charge in [-0.3, -0.25) is 0 Å². The first-order valence-electron chi connectivity index (χ1n) is 6.05. The van der Waals surface area contributed by atoms with Crippen LogP contribution in [0.15, 0.2) is 36.8 Å². The van der Waals surface area contributed by atoms with E-state index in [1.165, 1.54) is 17.5 Å². The van der Waals surface area contributed by atoms with E-state index < -0.39 is 0 Å². The van der Waals surface area contributed by atoms with Gasteiger partial charge in [-0.2, -0.15) is 0 Å². The third kappa shape index (κ3) is 1.76. The van der Waals surface area contributed by atoms with Gasteiger partial charge in [-0.25, -0.2) is 4.98 Å². The van der Waals surface area contributed by atoms with E-state index in [9.17, 15) is 0 Å². The maximum Gasteiger partial charge on any atom is 0.0946 e. The summed E-state index contributed by atoms with van der Waals surface area (Å²) in [5.74, 6) is 0.621. The molecular formula is C14H17N3. The summed E-state index contributed by atoms with van der Waals surface area (Å²) in [6.07, 6.45) is 5.86. The largest absolute Gasteiger partial charge is 0.336 e. The molecule has 1 aromatic carbocycles. The highest BCUT2D eigenvalue weighted by molar-refractivity contribution is 5.40. The molecule has 2 aromatic rings. The molecule has 3 rings (SSSR count). The lowest BCUT2D eigenvalue weighted by Gasteiger charge is -2.32. The van der Waals surface area contributed by atoms with E-state index in [0.29, 0.717) is 5.92 Å². The summed E-state index contributed by atoms with van der Waals surface area (Å²) < 4.78 is 2.01. The number of nitrogens with zero attached hydrogens (tertiary/aromatic N) is 2.